The molecule has 0 bridgehead atoms. The standard InChI is InChI=1S/C17H18ClN/c18-16-7-6-14-11-17(12-15(14)10-16)19-9-8-13-4-2-1-3-5-13/h1-7,10,17,19H,8-9,11-12H2. The van der Waals surface area contributed by atoms with Gasteiger partial charge in [0.2, 0.25) is 0 Å². The van der Waals surface area contributed by atoms with Crippen molar-refractivity contribution < 1.29 is 0 Å². The maximum Gasteiger partial charge on any atom is 0.0408 e. The summed E-state index contributed by atoms with van der Waals surface area (Å²) in [6.45, 7) is 1.04. The molecule has 2 heteroatoms. The Morgan fingerprint density at radius 1 is 1.00 bits per heavy atom. The van der Waals surface area contributed by atoms with Gasteiger partial charge in [0, 0.05) is 11.1 Å². The molecule has 1 atom stereocenters. The van der Waals surface area contributed by atoms with Gasteiger partial charge < -0.3 is 5.32 Å². The van der Waals surface area contributed by atoms with Crippen molar-refractivity contribution in [2.24, 2.45) is 0 Å². The fourth-order valence-corrected chi connectivity index (χ4v) is 2.99. The van der Waals surface area contributed by atoms with Gasteiger partial charge >= 0.3 is 0 Å². The van der Waals surface area contributed by atoms with Crippen LogP contribution >= 0.6 is 11.6 Å². The molecule has 19 heavy (non-hydrogen) atoms. The van der Waals surface area contributed by atoms with Gasteiger partial charge in [-0.05, 0) is 54.6 Å². The van der Waals surface area contributed by atoms with E-state index in [9.17, 15) is 0 Å². The molecule has 2 aromatic carbocycles. The first-order valence-corrected chi connectivity index (χ1v) is 7.24. The molecular formula is C17H18ClN. The van der Waals surface area contributed by atoms with E-state index in [-0.39, 0.29) is 0 Å². The number of nitrogens with one attached hydrogen (secondary N) is 1. The number of halogens is 1. The highest BCUT2D eigenvalue weighted by Gasteiger charge is 2.20. The van der Waals surface area contributed by atoms with Crippen LogP contribution in [-0.2, 0) is 19.3 Å². The van der Waals surface area contributed by atoms with E-state index >= 15 is 0 Å². The van der Waals surface area contributed by atoms with E-state index in [1.807, 2.05) is 6.07 Å². The van der Waals surface area contributed by atoms with Gasteiger partial charge in [0.1, 0.15) is 0 Å². The molecule has 0 spiro atoms. The van der Waals surface area contributed by atoms with Gasteiger partial charge in [0.05, 0.1) is 0 Å². The SMILES string of the molecule is Clc1ccc2c(c1)CC(NCCc1ccccc1)C2. The van der Waals surface area contributed by atoms with Crippen molar-refractivity contribution in [3.05, 3.63) is 70.2 Å². The van der Waals surface area contributed by atoms with Crippen LogP contribution in [0.3, 0.4) is 0 Å². The summed E-state index contributed by atoms with van der Waals surface area (Å²) in [6.07, 6.45) is 3.32. The zero-order valence-corrected chi connectivity index (χ0v) is 11.7. The lowest BCUT2D eigenvalue weighted by molar-refractivity contribution is 0.536. The summed E-state index contributed by atoms with van der Waals surface area (Å²) < 4.78 is 0. The van der Waals surface area contributed by atoms with Crippen LogP contribution in [0.4, 0.5) is 0 Å². The van der Waals surface area contributed by atoms with Gasteiger partial charge in [-0.25, -0.2) is 0 Å². The maximum absolute atomic E-state index is 6.04. The molecule has 0 aromatic heterocycles. The Kier molecular flexibility index (Phi) is 3.86. The predicted molar refractivity (Wildman–Crippen MR) is 80.8 cm³/mol. The highest BCUT2D eigenvalue weighted by atomic mass is 35.5. The van der Waals surface area contributed by atoms with Crippen molar-refractivity contribution in [3.63, 3.8) is 0 Å². The Morgan fingerprint density at radius 3 is 2.63 bits per heavy atom. The quantitative estimate of drug-likeness (QED) is 0.895. The number of benzene rings is 2. The number of hydrogen-bond acceptors (Lipinski definition) is 1. The van der Waals surface area contributed by atoms with Gasteiger partial charge in [-0.1, -0.05) is 48.0 Å². The lowest BCUT2D eigenvalue weighted by atomic mass is 10.1. The summed E-state index contributed by atoms with van der Waals surface area (Å²) in [6, 6.07) is 17.5. The fourth-order valence-electron chi connectivity index (χ4n) is 2.80. The molecule has 1 N–H and O–H groups in total. The van der Waals surface area contributed by atoms with Gasteiger partial charge in [-0.3, -0.25) is 0 Å². The summed E-state index contributed by atoms with van der Waals surface area (Å²) in [5, 5.41) is 4.50. The highest BCUT2D eigenvalue weighted by Crippen LogP contribution is 2.25. The van der Waals surface area contributed by atoms with Crippen LogP contribution in [0.5, 0.6) is 0 Å². The molecule has 1 unspecified atom stereocenters. The van der Waals surface area contributed by atoms with E-state index in [0.29, 0.717) is 6.04 Å². The van der Waals surface area contributed by atoms with E-state index in [4.69, 9.17) is 11.6 Å². The van der Waals surface area contributed by atoms with Crippen LogP contribution in [0.1, 0.15) is 16.7 Å². The minimum Gasteiger partial charge on any atom is -0.313 e. The smallest absolute Gasteiger partial charge is 0.0408 e. The van der Waals surface area contributed by atoms with Crippen LogP contribution in [0.2, 0.25) is 5.02 Å². The Balaban J connectivity index is 1.51. The third-order valence-electron chi connectivity index (χ3n) is 3.79. The van der Waals surface area contributed by atoms with Crippen molar-refractivity contribution in [3.8, 4) is 0 Å². The number of fused-ring (bicyclic) bond motifs is 1. The molecule has 3 rings (SSSR count). The zero-order chi connectivity index (χ0) is 13.1. The second-order valence-corrected chi connectivity index (χ2v) is 5.64. The second-order valence-electron chi connectivity index (χ2n) is 5.21. The van der Waals surface area contributed by atoms with Crippen LogP contribution in [0.15, 0.2) is 48.5 Å². The third kappa shape index (κ3) is 3.17. The first kappa shape index (κ1) is 12.7. The van der Waals surface area contributed by atoms with Crippen molar-refractivity contribution in [2.75, 3.05) is 6.54 Å². The first-order chi connectivity index (χ1) is 9.31. The highest BCUT2D eigenvalue weighted by molar-refractivity contribution is 6.30. The first-order valence-electron chi connectivity index (χ1n) is 6.86. The largest absolute Gasteiger partial charge is 0.313 e. The molecule has 0 saturated carbocycles. The average Bonchev–Trinajstić information content (AvgIpc) is 2.82. The lowest BCUT2D eigenvalue weighted by Crippen LogP contribution is -2.31. The van der Waals surface area contributed by atoms with Crippen LogP contribution in [0, 0.1) is 0 Å². The lowest BCUT2D eigenvalue weighted by Gasteiger charge is -2.11. The molecule has 1 aliphatic carbocycles. The average molecular weight is 272 g/mol. The van der Waals surface area contributed by atoms with Gasteiger partial charge in [-0.2, -0.15) is 0 Å². The topological polar surface area (TPSA) is 12.0 Å². The minimum atomic E-state index is 0.567. The van der Waals surface area contributed by atoms with Crippen molar-refractivity contribution >= 4 is 11.6 Å². The maximum atomic E-state index is 6.04. The predicted octanol–water partition coefficient (Wildman–Crippen LogP) is 3.64. The van der Waals surface area contributed by atoms with Crippen LogP contribution in [0.25, 0.3) is 0 Å². The van der Waals surface area contributed by atoms with E-state index in [1.165, 1.54) is 16.7 Å². The molecule has 0 saturated heterocycles. The molecule has 0 aliphatic heterocycles. The second kappa shape index (κ2) is 5.77. The van der Waals surface area contributed by atoms with Crippen LogP contribution in [-0.4, -0.2) is 12.6 Å². The van der Waals surface area contributed by atoms with E-state index in [0.717, 1.165) is 30.8 Å². The molecule has 98 valence electrons. The fraction of sp³-hybridized carbons (Fsp3) is 0.294. The summed E-state index contributed by atoms with van der Waals surface area (Å²) in [5.74, 6) is 0. The van der Waals surface area contributed by atoms with Gasteiger partial charge in [0.25, 0.3) is 0 Å². The Bertz CT molecular complexity index is 550. The number of hydrogen-bond donors (Lipinski definition) is 1. The van der Waals surface area contributed by atoms with Gasteiger partial charge in [0.15, 0.2) is 0 Å². The van der Waals surface area contributed by atoms with Crippen LogP contribution < -0.4 is 5.32 Å². The molecule has 2 aromatic rings. The summed E-state index contributed by atoms with van der Waals surface area (Å²) in [5.41, 5.74) is 4.25. The summed E-state index contributed by atoms with van der Waals surface area (Å²) in [7, 11) is 0. The Labute approximate surface area is 119 Å². The normalized spacial score (nSPS) is 17.4. The van der Waals surface area contributed by atoms with Crippen molar-refractivity contribution in [1.82, 2.24) is 5.32 Å². The molecule has 0 heterocycles. The molecule has 0 radical (unpaired) electrons. The summed E-state index contributed by atoms with van der Waals surface area (Å²) in [4.78, 5) is 0. The molecule has 0 amide bonds. The summed E-state index contributed by atoms with van der Waals surface area (Å²) >= 11 is 6.04. The zero-order valence-electron chi connectivity index (χ0n) is 10.9. The van der Waals surface area contributed by atoms with Gasteiger partial charge in [-0.15, -0.1) is 0 Å². The minimum absolute atomic E-state index is 0.567. The van der Waals surface area contributed by atoms with E-state index in [1.54, 1.807) is 0 Å². The monoisotopic (exact) mass is 271 g/mol. The molecule has 0 fully saturated rings. The Hall–Kier alpha value is -1.31. The molecule has 1 aliphatic rings. The van der Waals surface area contributed by atoms with E-state index < -0.39 is 0 Å². The third-order valence-corrected chi connectivity index (χ3v) is 4.03. The van der Waals surface area contributed by atoms with E-state index in [2.05, 4.69) is 47.8 Å². The molecular weight excluding hydrogens is 254 g/mol. The van der Waals surface area contributed by atoms with Crippen molar-refractivity contribution in [1.29, 1.82) is 0 Å². The Morgan fingerprint density at radius 2 is 1.79 bits per heavy atom. The molecule has 1 nitrogen and oxygen atoms in total. The number of rotatable bonds is 4. The van der Waals surface area contributed by atoms with Crippen molar-refractivity contribution in [2.45, 2.75) is 25.3 Å².